The lowest BCUT2D eigenvalue weighted by atomic mass is 10.2. The number of rotatable bonds is 2. The lowest BCUT2D eigenvalue weighted by molar-refractivity contribution is 0.0784. The molecule has 0 unspecified atom stereocenters. The van der Waals surface area contributed by atoms with Crippen LogP contribution in [0.2, 0.25) is 5.02 Å². The minimum absolute atomic E-state index is 0.0345. The number of halogens is 1. The van der Waals surface area contributed by atoms with Crippen molar-refractivity contribution in [2.75, 3.05) is 18.4 Å². The van der Waals surface area contributed by atoms with E-state index in [4.69, 9.17) is 11.6 Å². The van der Waals surface area contributed by atoms with Crippen molar-refractivity contribution in [2.24, 2.45) is 7.05 Å². The van der Waals surface area contributed by atoms with Gasteiger partial charge in [0.25, 0.3) is 5.91 Å². The van der Waals surface area contributed by atoms with Crippen molar-refractivity contribution in [1.82, 2.24) is 19.6 Å². The molecule has 2 aliphatic heterocycles. The van der Waals surface area contributed by atoms with E-state index in [1.165, 1.54) is 0 Å². The SMILES string of the molecule is Cn1nc(C(=O)N2CCCC2)c2c1CN(C(=O)Nc1ccccc1Cl)C2. The molecule has 0 bridgehead atoms. The number of nitrogens with zero attached hydrogens (tertiary/aromatic N) is 4. The minimum atomic E-state index is -0.242. The molecule has 1 fully saturated rings. The van der Waals surface area contributed by atoms with Crippen LogP contribution in [0, 0.1) is 0 Å². The molecule has 0 saturated carbocycles. The van der Waals surface area contributed by atoms with E-state index in [1.807, 2.05) is 24.1 Å². The highest BCUT2D eigenvalue weighted by molar-refractivity contribution is 6.33. The number of anilines is 1. The number of urea groups is 1. The maximum Gasteiger partial charge on any atom is 0.322 e. The van der Waals surface area contributed by atoms with Crippen LogP contribution in [0.3, 0.4) is 0 Å². The molecule has 0 spiro atoms. The highest BCUT2D eigenvalue weighted by Gasteiger charge is 2.34. The summed E-state index contributed by atoms with van der Waals surface area (Å²) in [7, 11) is 1.81. The molecule has 7 nitrogen and oxygen atoms in total. The predicted octanol–water partition coefficient (Wildman–Crippen LogP) is 2.86. The van der Waals surface area contributed by atoms with Crippen molar-refractivity contribution < 1.29 is 9.59 Å². The van der Waals surface area contributed by atoms with Gasteiger partial charge in [0.2, 0.25) is 0 Å². The summed E-state index contributed by atoms with van der Waals surface area (Å²) in [6, 6.07) is 6.87. The van der Waals surface area contributed by atoms with E-state index in [1.54, 1.807) is 21.7 Å². The van der Waals surface area contributed by atoms with Crippen molar-refractivity contribution in [2.45, 2.75) is 25.9 Å². The van der Waals surface area contributed by atoms with Gasteiger partial charge in [-0.15, -0.1) is 0 Å². The van der Waals surface area contributed by atoms with Gasteiger partial charge in [-0.1, -0.05) is 23.7 Å². The van der Waals surface area contributed by atoms with Crippen molar-refractivity contribution in [3.05, 3.63) is 46.2 Å². The van der Waals surface area contributed by atoms with E-state index in [2.05, 4.69) is 10.4 Å². The van der Waals surface area contributed by atoms with Crippen LogP contribution in [-0.4, -0.2) is 44.6 Å². The normalized spacial score (nSPS) is 16.1. The van der Waals surface area contributed by atoms with Crippen LogP contribution in [-0.2, 0) is 20.1 Å². The van der Waals surface area contributed by atoms with Crippen molar-refractivity contribution in [3.63, 3.8) is 0 Å². The van der Waals surface area contributed by atoms with Gasteiger partial charge in [0, 0.05) is 25.7 Å². The zero-order chi connectivity index (χ0) is 18.3. The summed E-state index contributed by atoms with van der Waals surface area (Å²) in [5, 5.41) is 7.73. The molecule has 1 aromatic heterocycles. The third kappa shape index (κ3) is 2.92. The molecule has 0 atom stereocenters. The molecule has 1 saturated heterocycles. The molecule has 26 heavy (non-hydrogen) atoms. The van der Waals surface area contributed by atoms with Crippen LogP contribution in [0.5, 0.6) is 0 Å². The molecule has 2 aliphatic rings. The number of nitrogens with one attached hydrogen (secondary N) is 1. The average molecular weight is 374 g/mol. The second-order valence-electron chi connectivity index (χ2n) is 6.66. The minimum Gasteiger partial charge on any atom is -0.337 e. The Morgan fingerprint density at radius 1 is 1.12 bits per heavy atom. The molecule has 136 valence electrons. The third-order valence-corrected chi connectivity index (χ3v) is 5.29. The highest BCUT2D eigenvalue weighted by atomic mass is 35.5. The maximum absolute atomic E-state index is 12.7. The number of benzene rings is 1. The second-order valence-corrected chi connectivity index (χ2v) is 7.07. The van der Waals surface area contributed by atoms with Gasteiger partial charge in [-0.3, -0.25) is 9.48 Å². The molecule has 0 aliphatic carbocycles. The number of para-hydroxylation sites is 1. The number of fused-ring (bicyclic) bond motifs is 1. The van der Waals surface area contributed by atoms with E-state index in [0.29, 0.717) is 29.5 Å². The Morgan fingerprint density at radius 2 is 1.85 bits per heavy atom. The lowest BCUT2D eigenvalue weighted by Crippen LogP contribution is -2.32. The Kier molecular flexibility index (Phi) is 4.32. The lowest BCUT2D eigenvalue weighted by Gasteiger charge is -2.18. The fourth-order valence-corrected chi connectivity index (χ4v) is 3.72. The number of hydrogen-bond acceptors (Lipinski definition) is 3. The monoisotopic (exact) mass is 373 g/mol. The summed E-state index contributed by atoms with van der Waals surface area (Å²) in [4.78, 5) is 28.9. The second kappa shape index (κ2) is 6.64. The van der Waals surface area contributed by atoms with E-state index < -0.39 is 0 Å². The topological polar surface area (TPSA) is 70.5 Å². The standard InChI is InChI=1S/C18H20ClN5O2/c1-22-15-11-24(18(26)20-14-7-3-2-6-13(14)19)10-12(15)16(21-22)17(25)23-8-4-5-9-23/h2-3,6-7H,4-5,8-11H2,1H3,(H,20,26). The maximum atomic E-state index is 12.7. The van der Waals surface area contributed by atoms with E-state index in [0.717, 1.165) is 37.2 Å². The van der Waals surface area contributed by atoms with Crippen LogP contribution in [0.15, 0.2) is 24.3 Å². The van der Waals surface area contributed by atoms with Gasteiger partial charge >= 0.3 is 6.03 Å². The third-order valence-electron chi connectivity index (χ3n) is 4.96. The number of aryl methyl sites for hydroxylation is 1. The Labute approximate surface area is 156 Å². The number of amides is 3. The smallest absolute Gasteiger partial charge is 0.322 e. The number of aromatic nitrogens is 2. The van der Waals surface area contributed by atoms with Gasteiger partial charge in [0.15, 0.2) is 5.69 Å². The van der Waals surface area contributed by atoms with Gasteiger partial charge < -0.3 is 15.1 Å². The summed E-state index contributed by atoms with van der Waals surface area (Å²) in [6.07, 6.45) is 2.07. The fraction of sp³-hybridized carbons (Fsp3) is 0.389. The summed E-state index contributed by atoms with van der Waals surface area (Å²) < 4.78 is 1.71. The Hall–Kier alpha value is -2.54. The highest BCUT2D eigenvalue weighted by Crippen LogP contribution is 2.28. The fourth-order valence-electron chi connectivity index (χ4n) is 3.54. The van der Waals surface area contributed by atoms with E-state index in [9.17, 15) is 9.59 Å². The molecule has 1 aromatic carbocycles. The van der Waals surface area contributed by atoms with E-state index >= 15 is 0 Å². The largest absolute Gasteiger partial charge is 0.337 e. The van der Waals surface area contributed by atoms with Gasteiger partial charge in [-0.2, -0.15) is 5.10 Å². The Bertz CT molecular complexity index is 872. The summed E-state index contributed by atoms with van der Waals surface area (Å²) >= 11 is 6.11. The first-order chi connectivity index (χ1) is 12.5. The molecule has 4 rings (SSSR count). The summed E-state index contributed by atoms with van der Waals surface area (Å²) in [5.74, 6) is -0.0345. The Balaban J connectivity index is 1.52. The van der Waals surface area contributed by atoms with Crippen LogP contribution in [0.25, 0.3) is 0 Å². The van der Waals surface area contributed by atoms with Crippen molar-refractivity contribution >= 4 is 29.2 Å². The predicted molar refractivity (Wildman–Crippen MR) is 98.1 cm³/mol. The molecule has 2 aromatic rings. The van der Waals surface area contributed by atoms with Crippen LogP contribution < -0.4 is 5.32 Å². The van der Waals surface area contributed by atoms with Crippen LogP contribution in [0.4, 0.5) is 10.5 Å². The van der Waals surface area contributed by atoms with E-state index in [-0.39, 0.29) is 11.9 Å². The van der Waals surface area contributed by atoms with Gasteiger partial charge in [-0.05, 0) is 25.0 Å². The van der Waals surface area contributed by atoms with Crippen LogP contribution >= 0.6 is 11.6 Å². The molecule has 8 heteroatoms. The first kappa shape index (κ1) is 16.9. The van der Waals surface area contributed by atoms with Gasteiger partial charge in [0.1, 0.15) is 0 Å². The molecular weight excluding hydrogens is 354 g/mol. The first-order valence-corrected chi connectivity index (χ1v) is 9.07. The molecule has 1 N–H and O–H groups in total. The molecule has 3 amide bonds. The van der Waals surface area contributed by atoms with Crippen LogP contribution in [0.1, 0.15) is 34.6 Å². The quantitative estimate of drug-likeness (QED) is 0.879. The Morgan fingerprint density at radius 3 is 2.58 bits per heavy atom. The number of carbonyl (C=O) groups is 2. The average Bonchev–Trinajstić information content (AvgIpc) is 3.34. The zero-order valence-electron chi connectivity index (χ0n) is 14.5. The number of hydrogen-bond donors (Lipinski definition) is 1. The number of likely N-dealkylation sites (tertiary alicyclic amines) is 1. The zero-order valence-corrected chi connectivity index (χ0v) is 15.3. The molecule has 3 heterocycles. The van der Waals surface area contributed by atoms with Crippen molar-refractivity contribution in [1.29, 1.82) is 0 Å². The molecular formula is C18H20ClN5O2. The van der Waals surface area contributed by atoms with Crippen molar-refractivity contribution in [3.8, 4) is 0 Å². The number of carbonyl (C=O) groups excluding carboxylic acids is 2. The van der Waals surface area contributed by atoms with Gasteiger partial charge in [0.05, 0.1) is 29.5 Å². The summed E-state index contributed by atoms with van der Waals surface area (Å²) in [5.41, 5.74) is 2.79. The summed E-state index contributed by atoms with van der Waals surface area (Å²) in [6.45, 7) is 2.35. The molecule has 0 radical (unpaired) electrons. The van der Waals surface area contributed by atoms with Gasteiger partial charge in [-0.25, -0.2) is 4.79 Å². The first-order valence-electron chi connectivity index (χ1n) is 8.69.